The third-order valence-corrected chi connectivity index (χ3v) is 3.07. The van der Waals surface area contributed by atoms with Crippen LogP contribution in [-0.2, 0) is 0 Å². The Morgan fingerprint density at radius 3 is 2.43 bits per heavy atom. The molecule has 0 heterocycles. The molecular formula is C14H11BrFNO4. The SMILES string of the molecule is O=[N+]([O-])c1ccc(F)cc1OCCOc1ccc(Br)cc1. The van der Waals surface area contributed by atoms with E-state index in [4.69, 9.17) is 9.47 Å². The number of benzene rings is 2. The Bertz CT molecular complexity index is 633. The third kappa shape index (κ3) is 4.42. The molecule has 2 rings (SSSR count). The van der Waals surface area contributed by atoms with Crippen molar-refractivity contribution in [1.82, 2.24) is 0 Å². The smallest absolute Gasteiger partial charge is 0.311 e. The second-order valence-corrected chi connectivity index (χ2v) is 4.94. The first-order chi connectivity index (χ1) is 10.1. The molecule has 5 nitrogen and oxygen atoms in total. The van der Waals surface area contributed by atoms with Crippen LogP contribution in [0.15, 0.2) is 46.9 Å². The van der Waals surface area contributed by atoms with Crippen LogP contribution >= 0.6 is 15.9 Å². The number of nitro groups is 1. The van der Waals surface area contributed by atoms with E-state index in [0.29, 0.717) is 5.75 Å². The summed E-state index contributed by atoms with van der Waals surface area (Å²) >= 11 is 3.31. The average Bonchev–Trinajstić information content (AvgIpc) is 2.45. The Labute approximate surface area is 128 Å². The van der Waals surface area contributed by atoms with Crippen molar-refractivity contribution in [2.45, 2.75) is 0 Å². The van der Waals surface area contributed by atoms with Crippen LogP contribution in [0, 0.1) is 15.9 Å². The summed E-state index contributed by atoms with van der Waals surface area (Å²) in [6, 6.07) is 10.3. The molecule has 0 unspecified atom stereocenters. The van der Waals surface area contributed by atoms with E-state index < -0.39 is 10.7 Å². The average molecular weight is 356 g/mol. The fourth-order valence-corrected chi connectivity index (χ4v) is 1.86. The molecule has 0 fully saturated rings. The van der Waals surface area contributed by atoms with Crippen molar-refractivity contribution in [3.05, 3.63) is 62.9 Å². The van der Waals surface area contributed by atoms with E-state index in [0.717, 1.165) is 22.7 Å². The zero-order chi connectivity index (χ0) is 15.2. The Morgan fingerprint density at radius 1 is 1.10 bits per heavy atom. The van der Waals surface area contributed by atoms with Gasteiger partial charge >= 0.3 is 5.69 Å². The zero-order valence-electron chi connectivity index (χ0n) is 10.8. The number of nitro benzene ring substituents is 1. The molecule has 0 aromatic heterocycles. The van der Waals surface area contributed by atoms with E-state index in [9.17, 15) is 14.5 Å². The molecule has 0 radical (unpaired) electrons. The number of nitrogens with zero attached hydrogens (tertiary/aromatic N) is 1. The highest BCUT2D eigenvalue weighted by Gasteiger charge is 2.15. The van der Waals surface area contributed by atoms with Crippen LogP contribution in [-0.4, -0.2) is 18.1 Å². The van der Waals surface area contributed by atoms with Crippen molar-refractivity contribution in [1.29, 1.82) is 0 Å². The van der Waals surface area contributed by atoms with Crippen molar-refractivity contribution in [2.75, 3.05) is 13.2 Å². The van der Waals surface area contributed by atoms with Gasteiger partial charge in [0.2, 0.25) is 0 Å². The molecule has 0 atom stereocenters. The first-order valence-corrected chi connectivity index (χ1v) is 6.80. The van der Waals surface area contributed by atoms with Gasteiger partial charge in [-0.15, -0.1) is 0 Å². The number of hydrogen-bond donors (Lipinski definition) is 0. The summed E-state index contributed by atoms with van der Waals surface area (Å²) < 4.78 is 24.6. The molecule has 0 N–H and O–H groups in total. The van der Waals surface area contributed by atoms with E-state index in [1.165, 1.54) is 0 Å². The number of ether oxygens (including phenoxy) is 2. The van der Waals surface area contributed by atoms with E-state index in [2.05, 4.69) is 15.9 Å². The fourth-order valence-electron chi connectivity index (χ4n) is 1.60. The summed E-state index contributed by atoms with van der Waals surface area (Å²) in [7, 11) is 0. The second-order valence-electron chi connectivity index (χ2n) is 4.02. The lowest BCUT2D eigenvalue weighted by molar-refractivity contribution is -0.385. The summed E-state index contributed by atoms with van der Waals surface area (Å²) in [6.45, 7) is 0.260. The Morgan fingerprint density at radius 2 is 1.76 bits per heavy atom. The van der Waals surface area contributed by atoms with E-state index in [-0.39, 0.29) is 24.7 Å². The topological polar surface area (TPSA) is 61.6 Å². The van der Waals surface area contributed by atoms with E-state index in [1.54, 1.807) is 12.1 Å². The number of rotatable bonds is 6. The maximum atomic E-state index is 13.1. The summed E-state index contributed by atoms with van der Waals surface area (Å²) in [5.74, 6) is -0.0561. The standard InChI is InChI=1S/C14H11BrFNO4/c15-10-1-4-12(5-2-10)20-7-8-21-14-9-11(16)3-6-13(14)17(18)19/h1-6,9H,7-8H2. The predicted octanol–water partition coefficient (Wildman–Crippen LogP) is 3.95. The van der Waals surface area contributed by atoms with Crippen molar-refractivity contribution < 1.29 is 18.8 Å². The van der Waals surface area contributed by atoms with Crippen LogP contribution in [0.4, 0.5) is 10.1 Å². The molecule has 21 heavy (non-hydrogen) atoms. The maximum absolute atomic E-state index is 13.1. The molecule has 0 bridgehead atoms. The molecule has 0 aliphatic heterocycles. The largest absolute Gasteiger partial charge is 0.490 e. The first-order valence-electron chi connectivity index (χ1n) is 6.01. The fraction of sp³-hybridized carbons (Fsp3) is 0.143. The van der Waals surface area contributed by atoms with Crippen LogP contribution in [0.25, 0.3) is 0 Å². The van der Waals surface area contributed by atoms with Gasteiger partial charge in [0.15, 0.2) is 5.75 Å². The monoisotopic (exact) mass is 355 g/mol. The summed E-state index contributed by atoms with van der Waals surface area (Å²) in [5, 5.41) is 10.8. The maximum Gasteiger partial charge on any atom is 0.311 e. The van der Waals surface area contributed by atoms with Gasteiger partial charge in [0.25, 0.3) is 0 Å². The highest BCUT2D eigenvalue weighted by atomic mass is 79.9. The Hall–Kier alpha value is -2.15. The van der Waals surface area contributed by atoms with Crippen molar-refractivity contribution in [3.63, 3.8) is 0 Å². The second kappa shape index (κ2) is 7.03. The summed E-state index contributed by atoms with van der Waals surface area (Å²) in [6.07, 6.45) is 0. The van der Waals surface area contributed by atoms with Gasteiger partial charge in [-0.2, -0.15) is 0 Å². The van der Waals surface area contributed by atoms with E-state index >= 15 is 0 Å². The molecule has 2 aromatic carbocycles. The first kappa shape index (κ1) is 15.2. The van der Waals surface area contributed by atoms with Gasteiger partial charge in [-0.1, -0.05) is 15.9 Å². The van der Waals surface area contributed by atoms with Gasteiger partial charge in [0.05, 0.1) is 4.92 Å². The van der Waals surface area contributed by atoms with Crippen molar-refractivity contribution >= 4 is 21.6 Å². The molecule has 0 spiro atoms. The van der Waals surface area contributed by atoms with Crippen LogP contribution in [0.2, 0.25) is 0 Å². The quantitative estimate of drug-likeness (QED) is 0.447. The number of hydrogen-bond acceptors (Lipinski definition) is 4. The van der Waals surface area contributed by atoms with Gasteiger partial charge in [-0.25, -0.2) is 4.39 Å². The molecule has 7 heteroatoms. The molecule has 0 aliphatic rings. The molecule has 0 aliphatic carbocycles. The van der Waals surface area contributed by atoms with Crippen LogP contribution in [0.1, 0.15) is 0 Å². The Kier molecular flexibility index (Phi) is 5.10. The molecule has 0 saturated heterocycles. The minimum atomic E-state index is -0.621. The third-order valence-electron chi connectivity index (χ3n) is 2.54. The molecule has 110 valence electrons. The van der Waals surface area contributed by atoms with E-state index in [1.807, 2.05) is 12.1 Å². The summed E-state index contributed by atoms with van der Waals surface area (Å²) in [4.78, 5) is 10.2. The van der Waals surface area contributed by atoms with Crippen molar-refractivity contribution in [3.8, 4) is 11.5 Å². The predicted molar refractivity (Wildman–Crippen MR) is 78.2 cm³/mol. The highest BCUT2D eigenvalue weighted by Crippen LogP contribution is 2.27. The lowest BCUT2D eigenvalue weighted by Gasteiger charge is -2.08. The molecule has 2 aromatic rings. The minimum absolute atomic E-state index is 0.0698. The van der Waals surface area contributed by atoms with Crippen LogP contribution in [0.5, 0.6) is 11.5 Å². The molecular weight excluding hydrogens is 345 g/mol. The zero-order valence-corrected chi connectivity index (χ0v) is 12.4. The van der Waals surface area contributed by atoms with Gasteiger partial charge in [0, 0.05) is 16.6 Å². The minimum Gasteiger partial charge on any atom is -0.490 e. The Balaban J connectivity index is 1.90. The van der Waals surface area contributed by atoms with Gasteiger partial charge in [0.1, 0.15) is 24.8 Å². The highest BCUT2D eigenvalue weighted by molar-refractivity contribution is 9.10. The van der Waals surface area contributed by atoms with Gasteiger partial charge < -0.3 is 9.47 Å². The molecule has 0 amide bonds. The van der Waals surface area contributed by atoms with Crippen LogP contribution in [0.3, 0.4) is 0 Å². The van der Waals surface area contributed by atoms with Crippen molar-refractivity contribution in [2.24, 2.45) is 0 Å². The lowest BCUT2D eigenvalue weighted by Crippen LogP contribution is -2.10. The van der Waals surface area contributed by atoms with Crippen LogP contribution < -0.4 is 9.47 Å². The van der Waals surface area contributed by atoms with Gasteiger partial charge in [-0.05, 0) is 30.3 Å². The molecule has 0 saturated carbocycles. The number of halogens is 2. The van der Waals surface area contributed by atoms with Gasteiger partial charge in [-0.3, -0.25) is 10.1 Å². The summed E-state index contributed by atoms with van der Waals surface area (Å²) in [5.41, 5.74) is -0.278. The lowest BCUT2D eigenvalue weighted by atomic mass is 10.3. The normalized spacial score (nSPS) is 10.2.